The smallest absolute Gasteiger partial charge is 0.331 e. The van der Waals surface area contributed by atoms with Crippen molar-refractivity contribution < 1.29 is 16.4 Å². The average molecular weight is 942 g/mol. The van der Waals surface area contributed by atoms with Crippen molar-refractivity contribution in [2.75, 3.05) is 31.8 Å². The summed E-state index contributed by atoms with van der Waals surface area (Å²) in [4.78, 5) is 35.7. The van der Waals surface area contributed by atoms with Gasteiger partial charge in [0, 0.05) is 69.4 Å². The van der Waals surface area contributed by atoms with Crippen LogP contribution in [0.4, 0.5) is 11.4 Å². The fourth-order valence-corrected chi connectivity index (χ4v) is 5.66. The molecule has 0 bridgehead atoms. The molecule has 6 aromatic rings. The summed E-state index contributed by atoms with van der Waals surface area (Å²) >= 11 is 4.24. The van der Waals surface area contributed by atoms with Crippen LogP contribution in [0.25, 0.3) is 21.8 Å². The van der Waals surface area contributed by atoms with Gasteiger partial charge in [0.2, 0.25) is 0 Å². The highest BCUT2D eigenvalue weighted by molar-refractivity contribution is 15.0. The number of halogens is 2. The van der Waals surface area contributed by atoms with Crippen molar-refractivity contribution in [3.63, 3.8) is 0 Å². The van der Waals surface area contributed by atoms with Crippen molar-refractivity contribution in [2.24, 2.45) is 0 Å². The van der Waals surface area contributed by atoms with E-state index in [0.29, 0.717) is 33.3 Å². The molecule has 6 rings (SSSR count). The van der Waals surface area contributed by atoms with E-state index >= 15 is 0 Å². The summed E-state index contributed by atoms with van der Waals surface area (Å²) in [6.07, 6.45) is 3.33. The molecule has 0 atom stereocenters. The van der Waals surface area contributed by atoms with Gasteiger partial charge >= 0.3 is 7.60 Å². The third-order valence-corrected chi connectivity index (χ3v) is 8.89. The van der Waals surface area contributed by atoms with Crippen LogP contribution in [-0.4, -0.2) is 46.8 Å². The molecule has 0 spiro atoms. The Hall–Kier alpha value is -3.43. The van der Waals surface area contributed by atoms with E-state index in [4.69, 9.17) is 11.9 Å². The molecule has 0 aliphatic rings. The minimum atomic E-state index is -3.19. The molecule has 0 saturated carbocycles. The van der Waals surface area contributed by atoms with Gasteiger partial charge in [-0.2, -0.15) is 0 Å². The van der Waals surface area contributed by atoms with E-state index < -0.39 is 13.2 Å². The predicted octanol–water partition coefficient (Wildman–Crippen LogP) is 10.5. The van der Waals surface area contributed by atoms with Crippen LogP contribution >= 0.6 is 44.8 Å². The number of nitrogens with zero attached hydrogens (tertiary/aromatic N) is 3. The molecule has 10 nitrogen and oxygen atoms in total. The SMILES string of the molecule is C.CC.CC.II.[2H]n1cnc2ccc(Cc3ccccc3)cc2c1=O.[2H]n1cnc2ccc(N(CCP(=O)(OC)OC)c3ccccc3)cc2c1=O. The molecule has 2 heterocycles. The molecule has 2 N–H and O–H groups in total. The van der Waals surface area contributed by atoms with Crippen LogP contribution in [0.5, 0.6) is 0 Å². The molecule has 2 aromatic heterocycles. The maximum Gasteiger partial charge on any atom is 0.331 e. The second kappa shape index (κ2) is 24.7. The van der Waals surface area contributed by atoms with Gasteiger partial charge in [-0.05, 0) is 60.0 Å². The molecular formula is C38H48I2N5O5P. The standard InChI is InChI=1S/C18H20N3O4P.C15H12N2O.2C2H6.CH4.I2/c1-24-26(23,25-2)11-10-21(14-6-4-3-5-7-14)15-8-9-17-16(12-15)18(22)20-13-19-17;18-15-13-9-12(6-7-14(13)16-10-17-15)8-11-4-2-1-3-5-11;2*1-2;;1-2/h3-9,12-13H,10-11H2,1-2H3,(H,19,20,22);1-7,9-10H,8H2,(H,16,17,18);2*1-2H3;1H4;/i/hD2. The molecule has 13 heteroatoms. The third kappa shape index (κ3) is 13.6. The maximum atomic E-state index is 12.5. The normalized spacial score (nSPS) is 10.6. The van der Waals surface area contributed by atoms with Gasteiger partial charge in [-0.25, -0.2) is 9.97 Å². The van der Waals surface area contributed by atoms with Gasteiger partial charge in [0.1, 0.15) is 0 Å². The lowest BCUT2D eigenvalue weighted by Gasteiger charge is -2.26. The summed E-state index contributed by atoms with van der Waals surface area (Å²) in [6, 6.07) is 30.5. The number of hydrogen-bond donors (Lipinski definition) is 2. The Balaban J connectivity index is 0.000000475. The molecular weight excluding hydrogens is 891 g/mol. The van der Waals surface area contributed by atoms with Crippen LogP contribution in [0.15, 0.2) is 119 Å². The Morgan fingerprint density at radius 1 is 0.706 bits per heavy atom. The average Bonchev–Trinajstić information content (AvgIpc) is 3.21. The first-order chi connectivity index (χ1) is 25.2. The summed E-state index contributed by atoms with van der Waals surface area (Å²) in [5.41, 5.74) is 4.18. The fraction of sp³-hybridized carbons (Fsp3) is 0.263. The summed E-state index contributed by atoms with van der Waals surface area (Å²) in [5, 5.41) is 0.832. The fourth-order valence-electron chi connectivity index (χ4n) is 4.71. The van der Waals surface area contributed by atoms with Crippen LogP contribution in [0, 0.1) is 0 Å². The van der Waals surface area contributed by atoms with Crippen LogP contribution in [0.3, 0.4) is 0 Å². The summed E-state index contributed by atoms with van der Waals surface area (Å²) in [7, 11) is -0.478. The number of fused-ring (bicyclic) bond motifs is 2. The Bertz CT molecular complexity index is 2130. The van der Waals surface area contributed by atoms with E-state index in [2.05, 4.69) is 59.3 Å². The molecule has 0 unspecified atom stereocenters. The lowest BCUT2D eigenvalue weighted by atomic mass is 10.0. The second-order valence-electron chi connectivity index (χ2n) is 9.76. The Morgan fingerprint density at radius 2 is 1.20 bits per heavy atom. The number of nitrogens with one attached hydrogen (secondary N) is 2. The van der Waals surface area contributed by atoms with Crippen molar-refractivity contribution >= 4 is 78.0 Å². The first-order valence-electron chi connectivity index (χ1n) is 16.8. The van der Waals surface area contributed by atoms with E-state index in [1.54, 1.807) is 12.1 Å². The van der Waals surface area contributed by atoms with Crippen molar-refractivity contribution in [1.29, 1.82) is 0 Å². The molecule has 0 amide bonds. The molecule has 51 heavy (non-hydrogen) atoms. The zero-order valence-corrected chi connectivity index (χ0v) is 34.2. The number of benzene rings is 4. The number of H-pyrrole nitrogens is 2. The van der Waals surface area contributed by atoms with Gasteiger partial charge < -0.3 is 23.9 Å². The molecule has 0 radical (unpaired) electrons. The van der Waals surface area contributed by atoms with Gasteiger partial charge in [-0.3, -0.25) is 14.2 Å². The van der Waals surface area contributed by atoms with Gasteiger partial charge in [0.05, 0.1) is 40.6 Å². The first kappa shape index (κ1) is 42.0. The highest BCUT2D eigenvalue weighted by Crippen LogP contribution is 2.46. The van der Waals surface area contributed by atoms with E-state index in [1.807, 2.05) is 105 Å². The van der Waals surface area contributed by atoms with Gasteiger partial charge in [-0.1, -0.05) is 89.7 Å². The predicted molar refractivity (Wildman–Crippen MR) is 231 cm³/mol. The Labute approximate surface area is 327 Å². The summed E-state index contributed by atoms with van der Waals surface area (Å²) in [6.45, 7) is 8.35. The number of aromatic nitrogens is 4. The highest BCUT2D eigenvalue weighted by Gasteiger charge is 2.23. The highest BCUT2D eigenvalue weighted by atomic mass is 128. The summed E-state index contributed by atoms with van der Waals surface area (Å²) in [5.74, 6) is 0. The topological polar surface area (TPSA) is 130 Å². The first-order valence-corrected chi connectivity index (χ1v) is 23.9. The Morgan fingerprint density at radius 3 is 1.73 bits per heavy atom. The summed E-state index contributed by atoms with van der Waals surface area (Å²) < 4.78 is 37.6. The van der Waals surface area contributed by atoms with Crippen molar-refractivity contribution in [3.8, 4) is 0 Å². The lowest BCUT2D eigenvalue weighted by Crippen LogP contribution is -2.22. The van der Waals surface area contributed by atoms with Crippen LogP contribution in [0.2, 0.25) is 2.82 Å². The monoisotopic (exact) mass is 941 g/mol. The van der Waals surface area contributed by atoms with Crippen molar-refractivity contribution in [2.45, 2.75) is 41.5 Å². The molecule has 274 valence electrons. The molecule has 4 aromatic carbocycles. The molecule has 0 aliphatic heterocycles. The number of hydrogen-bond acceptors (Lipinski definition) is 8. The third-order valence-electron chi connectivity index (χ3n) is 7.03. The van der Waals surface area contributed by atoms with Crippen LogP contribution < -0.4 is 16.0 Å². The largest absolute Gasteiger partial charge is 0.341 e. The van der Waals surface area contributed by atoms with E-state index in [1.165, 1.54) is 32.4 Å². The van der Waals surface area contributed by atoms with E-state index in [0.717, 1.165) is 28.3 Å². The minimum absolute atomic E-state index is 0. The van der Waals surface area contributed by atoms with Gasteiger partial charge in [0.25, 0.3) is 11.1 Å². The number of rotatable bonds is 9. The van der Waals surface area contributed by atoms with Crippen molar-refractivity contribution in [1.82, 2.24) is 19.9 Å². The second-order valence-corrected chi connectivity index (χ2v) is 12.2. The van der Waals surface area contributed by atoms with Crippen molar-refractivity contribution in [3.05, 3.63) is 142 Å². The van der Waals surface area contributed by atoms with Crippen LogP contribution in [-0.2, 0) is 20.0 Å². The zero-order valence-electron chi connectivity index (χ0n) is 31.0. The molecule has 0 aliphatic carbocycles. The van der Waals surface area contributed by atoms with E-state index in [9.17, 15) is 14.2 Å². The van der Waals surface area contributed by atoms with E-state index in [-0.39, 0.29) is 19.1 Å². The van der Waals surface area contributed by atoms with Gasteiger partial charge in [0.15, 0.2) is 2.82 Å². The quantitative estimate of drug-likeness (QED) is 0.108. The Kier molecular flexibility index (Phi) is 20.3. The number of anilines is 2. The number of para-hydroxylation sites is 1. The molecule has 0 fully saturated rings. The molecule has 0 saturated heterocycles. The lowest BCUT2D eigenvalue weighted by molar-refractivity contribution is 0.276. The van der Waals surface area contributed by atoms with Crippen LogP contribution in [0.1, 0.15) is 46.2 Å². The minimum Gasteiger partial charge on any atom is -0.341 e. The maximum absolute atomic E-state index is 12.5. The van der Waals surface area contributed by atoms with Gasteiger partial charge in [-0.15, -0.1) is 0 Å². The zero-order chi connectivity index (χ0) is 38.7. The number of aromatic amines is 2.